The molecule has 3 rings (SSSR count). The van der Waals surface area contributed by atoms with Crippen molar-refractivity contribution < 1.29 is 9.59 Å². The number of rotatable bonds is 11. The van der Waals surface area contributed by atoms with Crippen molar-refractivity contribution in [1.82, 2.24) is 25.9 Å². The molecule has 2 amide bonds. The van der Waals surface area contributed by atoms with Crippen LogP contribution < -0.4 is 21.7 Å². The number of amides is 2. The second-order valence-electron chi connectivity index (χ2n) is 7.19. The van der Waals surface area contributed by atoms with Crippen molar-refractivity contribution in [2.45, 2.75) is 19.0 Å². The summed E-state index contributed by atoms with van der Waals surface area (Å²) in [5, 5.41) is 16.1. The summed E-state index contributed by atoms with van der Waals surface area (Å²) >= 11 is 0. The first-order chi connectivity index (χ1) is 15.5. The van der Waals surface area contributed by atoms with Gasteiger partial charge in [-0.2, -0.15) is 0 Å². The second kappa shape index (κ2) is 11.4. The minimum Gasteiger partial charge on any atom is -0.384 e. The van der Waals surface area contributed by atoms with Crippen molar-refractivity contribution in [2.24, 2.45) is 5.73 Å². The molecule has 9 heteroatoms. The molecule has 0 fully saturated rings. The number of hydrogen-bond acceptors (Lipinski definition) is 5. The molecular formula is C23H27N7O2. The zero-order valence-corrected chi connectivity index (χ0v) is 17.6. The van der Waals surface area contributed by atoms with E-state index in [0.29, 0.717) is 30.8 Å². The lowest BCUT2D eigenvalue weighted by Gasteiger charge is -2.18. The van der Waals surface area contributed by atoms with Crippen LogP contribution in [0.2, 0.25) is 0 Å². The number of carbonyl (C=O) groups is 2. The molecule has 0 aliphatic carbocycles. The maximum Gasteiger partial charge on any atom is 0.243 e. The van der Waals surface area contributed by atoms with Gasteiger partial charge >= 0.3 is 0 Å². The number of aromatic amines is 1. The Morgan fingerprint density at radius 1 is 1.06 bits per heavy atom. The number of hydrogen-bond donors (Lipinski definition) is 6. The monoisotopic (exact) mass is 433 g/mol. The molecule has 0 aliphatic rings. The van der Waals surface area contributed by atoms with Gasteiger partial charge in [-0.1, -0.05) is 30.3 Å². The van der Waals surface area contributed by atoms with Gasteiger partial charge in [-0.05, 0) is 29.8 Å². The zero-order chi connectivity index (χ0) is 22.8. The first kappa shape index (κ1) is 22.7. The number of nitrogens with two attached hydrogens (primary N) is 1. The fourth-order valence-corrected chi connectivity index (χ4v) is 3.10. The van der Waals surface area contributed by atoms with E-state index in [1.807, 2.05) is 42.5 Å². The number of amidine groups is 1. The number of aromatic nitrogens is 2. The molecule has 32 heavy (non-hydrogen) atoms. The summed E-state index contributed by atoms with van der Waals surface area (Å²) < 4.78 is 0. The maximum absolute atomic E-state index is 12.8. The van der Waals surface area contributed by atoms with E-state index in [1.54, 1.807) is 24.5 Å². The quantitative estimate of drug-likeness (QED) is 0.197. The molecule has 0 radical (unpaired) electrons. The van der Waals surface area contributed by atoms with Crippen LogP contribution in [-0.2, 0) is 22.6 Å². The van der Waals surface area contributed by atoms with E-state index in [4.69, 9.17) is 11.1 Å². The molecule has 0 saturated carbocycles. The third kappa shape index (κ3) is 6.78. The van der Waals surface area contributed by atoms with Crippen LogP contribution in [0.5, 0.6) is 0 Å². The molecule has 0 spiro atoms. The number of nitrogens with zero attached hydrogens (tertiary/aromatic N) is 1. The third-order valence-corrected chi connectivity index (χ3v) is 4.82. The standard InChI is InChI=1S/C23H27N7O2/c24-22(25)17-8-6-16(7-9-17)14-29-21(19-5-3-12-27-19)23(32)30-15-20(31)28-13-10-18-4-1-2-11-26-18/h1-9,11-12,21,27,29H,10,13-15H2,(H3,24,25)(H,28,31)(H,30,32). The van der Waals surface area contributed by atoms with Crippen molar-refractivity contribution in [3.8, 4) is 0 Å². The molecule has 0 saturated heterocycles. The summed E-state index contributed by atoms with van der Waals surface area (Å²) in [6.45, 7) is 0.749. The summed E-state index contributed by atoms with van der Waals surface area (Å²) in [4.78, 5) is 32.1. The topological polar surface area (TPSA) is 149 Å². The van der Waals surface area contributed by atoms with E-state index in [9.17, 15) is 9.59 Å². The van der Waals surface area contributed by atoms with Gasteiger partial charge in [0.15, 0.2) is 0 Å². The second-order valence-corrected chi connectivity index (χ2v) is 7.19. The molecule has 2 heterocycles. The van der Waals surface area contributed by atoms with Crippen LogP contribution in [0, 0.1) is 5.41 Å². The van der Waals surface area contributed by atoms with Crippen molar-refractivity contribution >= 4 is 17.6 Å². The number of pyridine rings is 1. The SMILES string of the molecule is N=C(N)c1ccc(CNC(C(=O)NCC(=O)NCCc2ccccn2)c2ccc[nH]2)cc1. The van der Waals surface area contributed by atoms with Gasteiger partial charge in [0.25, 0.3) is 0 Å². The lowest BCUT2D eigenvalue weighted by Crippen LogP contribution is -2.43. The molecule has 9 nitrogen and oxygen atoms in total. The molecule has 0 aliphatic heterocycles. The van der Waals surface area contributed by atoms with Gasteiger partial charge in [-0.3, -0.25) is 25.3 Å². The Morgan fingerprint density at radius 2 is 1.88 bits per heavy atom. The van der Waals surface area contributed by atoms with E-state index < -0.39 is 6.04 Å². The average Bonchev–Trinajstić information content (AvgIpc) is 3.33. The highest BCUT2D eigenvalue weighted by Gasteiger charge is 2.21. The number of benzene rings is 1. The first-order valence-electron chi connectivity index (χ1n) is 10.3. The summed E-state index contributed by atoms with van der Waals surface area (Å²) in [6.07, 6.45) is 4.07. The Hall–Kier alpha value is -3.98. The Morgan fingerprint density at radius 3 is 2.53 bits per heavy atom. The van der Waals surface area contributed by atoms with E-state index in [0.717, 1.165) is 11.3 Å². The van der Waals surface area contributed by atoms with Gasteiger partial charge in [0.2, 0.25) is 11.8 Å². The summed E-state index contributed by atoms with van der Waals surface area (Å²) in [5.41, 5.74) is 8.65. The van der Waals surface area contributed by atoms with Crippen molar-refractivity contribution in [3.05, 3.63) is 89.5 Å². The fourth-order valence-electron chi connectivity index (χ4n) is 3.10. The van der Waals surface area contributed by atoms with Crippen molar-refractivity contribution in [2.75, 3.05) is 13.1 Å². The van der Waals surface area contributed by atoms with Gasteiger partial charge in [-0.25, -0.2) is 0 Å². The normalized spacial score (nSPS) is 11.5. The van der Waals surface area contributed by atoms with Crippen LogP contribution in [0.4, 0.5) is 0 Å². The van der Waals surface area contributed by atoms with Crippen molar-refractivity contribution in [1.29, 1.82) is 5.41 Å². The maximum atomic E-state index is 12.8. The zero-order valence-electron chi connectivity index (χ0n) is 17.6. The van der Waals surface area contributed by atoms with Gasteiger partial charge in [-0.15, -0.1) is 0 Å². The van der Waals surface area contributed by atoms with Crippen LogP contribution in [-0.4, -0.2) is 40.7 Å². The van der Waals surface area contributed by atoms with Crippen LogP contribution in [0.1, 0.15) is 28.6 Å². The van der Waals surface area contributed by atoms with Gasteiger partial charge < -0.3 is 21.4 Å². The molecule has 2 aromatic heterocycles. The largest absolute Gasteiger partial charge is 0.384 e. The fraction of sp³-hybridized carbons (Fsp3) is 0.217. The predicted octanol–water partition coefficient (Wildman–Crippen LogP) is 1.000. The predicted molar refractivity (Wildman–Crippen MR) is 122 cm³/mol. The Kier molecular flexibility index (Phi) is 8.10. The van der Waals surface area contributed by atoms with E-state index in [1.165, 1.54) is 0 Å². The highest BCUT2D eigenvalue weighted by Crippen LogP contribution is 2.12. The van der Waals surface area contributed by atoms with E-state index in [2.05, 4.69) is 25.9 Å². The van der Waals surface area contributed by atoms with Crippen molar-refractivity contribution in [3.63, 3.8) is 0 Å². The van der Waals surface area contributed by atoms with Crippen LogP contribution in [0.3, 0.4) is 0 Å². The molecule has 1 aromatic carbocycles. The Balaban J connectivity index is 1.49. The third-order valence-electron chi connectivity index (χ3n) is 4.82. The van der Waals surface area contributed by atoms with Crippen LogP contribution in [0.15, 0.2) is 67.0 Å². The summed E-state index contributed by atoms with van der Waals surface area (Å²) in [6, 6.07) is 15.8. The lowest BCUT2D eigenvalue weighted by atomic mass is 10.1. The smallest absolute Gasteiger partial charge is 0.243 e. The minimum atomic E-state index is -0.654. The number of nitrogen functional groups attached to an aromatic ring is 1. The highest BCUT2D eigenvalue weighted by molar-refractivity contribution is 5.94. The Labute approximate surface area is 186 Å². The first-order valence-corrected chi connectivity index (χ1v) is 10.3. The number of carbonyl (C=O) groups excluding carboxylic acids is 2. The van der Waals surface area contributed by atoms with Crippen LogP contribution in [0.25, 0.3) is 0 Å². The van der Waals surface area contributed by atoms with Crippen LogP contribution >= 0.6 is 0 Å². The highest BCUT2D eigenvalue weighted by atomic mass is 16.2. The molecular weight excluding hydrogens is 406 g/mol. The Bertz CT molecular complexity index is 1020. The molecule has 1 unspecified atom stereocenters. The molecule has 0 bridgehead atoms. The molecule has 7 N–H and O–H groups in total. The average molecular weight is 434 g/mol. The summed E-state index contributed by atoms with van der Waals surface area (Å²) in [7, 11) is 0. The van der Waals surface area contributed by atoms with Gasteiger partial charge in [0.1, 0.15) is 11.9 Å². The minimum absolute atomic E-state index is 0.00598. The number of H-pyrrole nitrogens is 1. The van der Waals surface area contributed by atoms with E-state index >= 15 is 0 Å². The molecule has 3 aromatic rings. The van der Waals surface area contributed by atoms with Gasteiger partial charge in [0, 0.05) is 48.9 Å². The lowest BCUT2D eigenvalue weighted by molar-refractivity contribution is -0.127. The molecule has 1 atom stereocenters. The molecule has 166 valence electrons. The van der Waals surface area contributed by atoms with Gasteiger partial charge in [0.05, 0.1) is 6.54 Å². The summed E-state index contributed by atoms with van der Waals surface area (Å²) in [5.74, 6) is -0.571. The van der Waals surface area contributed by atoms with E-state index in [-0.39, 0.29) is 24.2 Å². The number of nitrogens with one attached hydrogen (secondary N) is 5.